The van der Waals surface area contributed by atoms with Crippen molar-refractivity contribution in [2.45, 2.75) is 0 Å². The Labute approximate surface area is 165 Å². The van der Waals surface area contributed by atoms with Crippen LogP contribution < -0.4 is 5.32 Å². The average Bonchev–Trinajstić information content (AvgIpc) is 3.23. The van der Waals surface area contributed by atoms with Crippen LogP contribution in [0.2, 0.25) is 0 Å². The summed E-state index contributed by atoms with van der Waals surface area (Å²) < 4.78 is 0. The molecule has 1 amide bonds. The van der Waals surface area contributed by atoms with E-state index in [4.69, 9.17) is 0 Å². The van der Waals surface area contributed by atoms with E-state index in [-0.39, 0.29) is 11.7 Å². The summed E-state index contributed by atoms with van der Waals surface area (Å²) in [6, 6.07) is 21.2. The minimum Gasteiger partial charge on any atom is -0.298 e. The van der Waals surface area contributed by atoms with Crippen molar-refractivity contribution in [1.29, 1.82) is 0 Å². The summed E-state index contributed by atoms with van der Waals surface area (Å²) in [7, 11) is 0. The van der Waals surface area contributed by atoms with Crippen LogP contribution in [0.3, 0.4) is 0 Å². The van der Waals surface area contributed by atoms with Crippen LogP contribution in [0.1, 0.15) is 26.3 Å². The number of nitrogens with one attached hydrogen (secondary N) is 1. The second-order valence-corrected chi connectivity index (χ2v) is 6.81. The fraction of sp³-hybridized carbons (Fsp3) is 0. The molecule has 0 aliphatic carbocycles. The van der Waals surface area contributed by atoms with Gasteiger partial charge < -0.3 is 0 Å². The topological polar surface area (TPSA) is 72.0 Å². The lowest BCUT2D eigenvalue weighted by Gasteiger charge is -2.08. The van der Waals surface area contributed by atoms with E-state index in [1.54, 1.807) is 54.7 Å². The number of ketones is 1. The standard InChI is InChI=1S/C22H15N3O2S/c26-20(15-8-2-1-3-9-15)16-10-4-5-11-17(16)21(27)25-22-24-19(14-28-22)18-12-6-7-13-23-18/h1-14H,(H,24,25,27). The third kappa shape index (κ3) is 3.72. The first-order chi connectivity index (χ1) is 13.7. The zero-order valence-electron chi connectivity index (χ0n) is 14.7. The van der Waals surface area contributed by atoms with Crippen LogP contribution in [-0.4, -0.2) is 21.7 Å². The molecular weight excluding hydrogens is 370 g/mol. The third-order valence-electron chi connectivity index (χ3n) is 4.10. The van der Waals surface area contributed by atoms with Crippen molar-refractivity contribution >= 4 is 28.2 Å². The number of benzene rings is 2. The normalized spacial score (nSPS) is 10.4. The van der Waals surface area contributed by atoms with Gasteiger partial charge in [-0.3, -0.25) is 19.9 Å². The van der Waals surface area contributed by atoms with Crippen molar-refractivity contribution in [2.75, 3.05) is 5.32 Å². The summed E-state index contributed by atoms with van der Waals surface area (Å²) in [4.78, 5) is 34.3. The lowest BCUT2D eigenvalue weighted by atomic mass is 9.98. The van der Waals surface area contributed by atoms with Crippen LogP contribution in [0.25, 0.3) is 11.4 Å². The molecule has 0 atom stereocenters. The maximum atomic E-state index is 12.8. The number of anilines is 1. The minimum atomic E-state index is -0.373. The highest BCUT2D eigenvalue weighted by atomic mass is 32.1. The predicted molar refractivity (Wildman–Crippen MR) is 110 cm³/mol. The summed E-state index contributed by atoms with van der Waals surface area (Å²) in [5.74, 6) is -0.568. The van der Waals surface area contributed by atoms with Gasteiger partial charge in [-0.1, -0.05) is 54.6 Å². The van der Waals surface area contributed by atoms with E-state index < -0.39 is 0 Å². The Balaban J connectivity index is 1.58. The van der Waals surface area contributed by atoms with Crippen molar-refractivity contribution in [3.8, 4) is 11.4 Å². The summed E-state index contributed by atoms with van der Waals surface area (Å²) >= 11 is 1.31. The second kappa shape index (κ2) is 7.94. The van der Waals surface area contributed by atoms with Crippen molar-refractivity contribution in [3.63, 3.8) is 0 Å². The fourth-order valence-corrected chi connectivity index (χ4v) is 3.45. The van der Waals surface area contributed by atoms with Gasteiger partial charge in [-0.05, 0) is 18.2 Å². The van der Waals surface area contributed by atoms with Gasteiger partial charge >= 0.3 is 0 Å². The molecule has 0 unspecified atom stereocenters. The number of carbonyl (C=O) groups excluding carboxylic acids is 2. The predicted octanol–water partition coefficient (Wildman–Crippen LogP) is 4.69. The van der Waals surface area contributed by atoms with E-state index in [2.05, 4.69) is 15.3 Å². The number of amides is 1. The molecule has 0 fully saturated rings. The molecule has 28 heavy (non-hydrogen) atoms. The zero-order chi connectivity index (χ0) is 19.3. The number of thiazole rings is 1. The highest BCUT2D eigenvalue weighted by Crippen LogP contribution is 2.24. The molecule has 0 spiro atoms. The Morgan fingerprint density at radius 1 is 0.786 bits per heavy atom. The lowest BCUT2D eigenvalue weighted by molar-refractivity contribution is 0.0996. The molecule has 2 heterocycles. The first-order valence-electron chi connectivity index (χ1n) is 8.59. The summed E-state index contributed by atoms with van der Waals surface area (Å²) in [6.07, 6.45) is 1.69. The van der Waals surface area contributed by atoms with Crippen LogP contribution in [0.5, 0.6) is 0 Å². The molecule has 5 nitrogen and oxygen atoms in total. The molecule has 4 rings (SSSR count). The van der Waals surface area contributed by atoms with Gasteiger partial charge in [0, 0.05) is 22.7 Å². The summed E-state index contributed by atoms with van der Waals surface area (Å²) in [5.41, 5.74) is 2.63. The molecule has 6 heteroatoms. The van der Waals surface area contributed by atoms with E-state index in [0.29, 0.717) is 27.5 Å². The van der Waals surface area contributed by atoms with Gasteiger partial charge in [0.2, 0.25) is 0 Å². The van der Waals surface area contributed by atoms with E-state index in [0.717, 1.165) is 5.69 Å². The Bertz CT molecular complexity index is 1120. The molecule has 2 aromatic heterocycles. The van der Waals surface area contributed by atoms with Gasteiger partial charge in [0.25, 0.3) is 5.91 Å². The van der Waals surface area contributed by atoms with Crippen LogP contribution in [-0.2, 0) is 0 Å². The monoisotopic (exact) mass is 385 g/mol. The number of pyridine rings is 1. The Kier molecular flexibility index (Phi) is 5.03. The Hall–Kier alpha value is -3.64. The number of hydrogen-bond acceptors (Lipinski definition) is 5. The largest absolute Gasteiger partial charge is 0.298 e. The molecule has 0 aliphatic rings. The molecule has 4 aromatic rings. The number of rotatable bonds is 5. The van der Waals surface area contributed by atoms with Gasteiger partial charge in [0.1, 0.15) is 5.69 Å². The van der Waals surface area contributed by atoms with Crippen molar-refractivity contribution in [1.82, 2.24) is 9.97 Å². The molecule has 136 valence electrons. The summed E-state index contributed by atoms with van der Waals surface area (Å²) in [6.45, 7) is 0. The van der Waals surface area contributed by atoms with E-state index in [1.807, 2.05) is 29.6 Å². The van der Waals surface area contributed by atoms with Gasteiger partial charge in [0.05, 0.1) is 11.3 Å². The van der Waals surface area contributed by atoms with Crippen molar-refractivity contribution in [3.05, 3.63) is 101 Å². The van der Waals surface area contributed by atoms with Crippen molar-refractivity contribution in [2.24, 2.45) is 0 Å². The molecular formula is C22H15N3O2S. The first-order valence-corrected chi connectivity index (χ1v) is 9.47. The molecule has 0 saturated carbocycles. The Morgan fingerprint density at radius 3 is 2.25 bits per heavy atom. The lowest BCUT2D eigenvalue weighted by Crippen LogP contribution is -2.16. The fourth-order valence-electron chi connectivity index (χ4n) is 2.75. The molecule has 0 bridgehead atoms. The second-order valence-electron chi connectivity index (χ2n) is 5.95. The van der Waals surface area contributed by atoms with Crippen LogP contribution >= 0.6 is 11.3 Å². The molecule has 2 aromatic carbocycles. The average molecular weight is 385 g/mol. The quantitative estimate of drug-likeness (QED) is 0.506. The highest BCUT2D eigenvalue weighted by molar-refractivity contribution is 7.14. The summed E-state index contributed by atoms with van der Waals surface area (Å²) in [5, 5.41) is 5.07. The molecule has 0 radical (unpaired) electrons. The van der Waals surface area contributed by atoms with Gasteiger partial charge in [-0.2, -0.15) is 0 Å². The molecule has 0 aliphatic heterocycles. The van der Waals surface area contributed by atoms with Crippen LogP contribution in [0.15, 0.2) is 84.4 Å². The van der Waals surface area contributed by atoms with E-state index in [9.17, 15) is 9.59 Å². The molecule has 0 saturated heterocycles. The Morgan fingerprint density at radius 2 is 1.50 bits per heavy atom. The number of hydrogen-bond donors (Lipinski definition) is 1. The SMILES string of the molecule is O=C(Nc1nc(-c2ccccn2)cs1)c1ccccc1C(=O)c1ccccc1. The maximum Gasteiger partial charge on any atom is 0.258 e. The van der Waals surface area contributed by atoms with Gasteiger partial charge in [0.15, 0.2) is 10.9 Å². The van der Waals surface area contributed by atoms with Crippen LogP contribution in [0.4, 0.5) is 5.13 Å². The van der Waals surface area contributed by atoms with E-state index >= 15 is 0 Å². The maximum absolute atomic E-state index is 12.8. The van der Waals surface area contributed by atoms with Crippen LogP contribution in [0, 0.1) is 0 Å². The van der Waals surface area contributed by atoms with E-state index in [1.165, 1.54) is 11.3 Å². The molecule has 1 N–H and O–H groups in total. The zero-order valence-corrected chi connectivity index (χ0v) is 15.5. The smallest absolute Gasteiger partial charge is 0.258 e. The number of nitrogens with zero attached hydrogens (tertiary/aromatic N) is 2. The first kappa shape index (κ1) is 17.8. The van der Waals surface area contributed by atoms with Gasteiger partial charge in [-0.25, -0.2) is 4.98 Å². The third-order valence-corrected chi connectivity index (χ3v) is 4.86. The minimum absolute atomic E-state index is 0.195. The van der Waals surface area contributed by atoms with Gasteiger partial charge in [-0.15, -0.1) is 11.3 Å². The number of aromatic nitrogens is 2. The highest BCUT2D eigenvalue weighted by Gasteiger charge is 2.19. The van der Waals surface area contributed by atoms with Crippen molar-refractivity contribution < 1.29 is 9.59 Å². The number of carbonyl (C=O) groups is 2.